The van der Waals surface area contributed by atoms with E-state index in [1.165, 1.54) is 6.92 Å². The molecule has 0 atom stereocenters. The molecule has 0 aliphatic carbocycles. The minimum atomic E-state index is -3.37. The van der Waals surface area contributed by atoms with Gasteiger partial charge in [0.2, 0.25) is 0 Å². The number of ketones is 1. The number of Topliss-reactive ketones (excluding diaryl/α,β-unsaturated/α-hetero) is 1. The highest BCUT2D eigenvalue weighted by atomic mass is 32.2. The van der Waals surface area contributed by atoms with Crippen LogP contribution in [0.1, 0.15) is 19.8 Å². The fourth-order valence-electron chi connectivity index (χ4n) is 0.644. The molecule has 0 unspecified atom stereocenters. The second-order valence-electron chi connectivity index (χ2n) is 2.75. The van der Waals surface area contributed by atoms with Crippen molar-refractivity contribution in [1.29, 1.82) is 0 Å². The van der Waals surface area contributed by atoms with Gasteiger partial charge in [0.25, 0.3) is 0 Å². The number of carboxylic acids is 1. The van der Waals surface area contributed by atoms with Gasteiger partial charge in [-0.25, -0.2) is 8.42 Å². The Morgan fingerprint density at radius 1 is 1.15 bits per heavy atom. The van der Waals surface area contributed by atoms with Crippen molar-refractivity contribution < 1.29 is 23.1 Å². The number of sulfone groups is 1. The topological polar surface area (TPSA) is 88.5 Å². The number of carbonyl (C=O) groups excluding carboxylic acids is 1. The predicted molar refractivity (Wildman–Crippen MR) is 46.2 cm³/mol. The van der Waals surface area contributed by atoms with Crippen LogP contribution in [-0.2, 0) is 19.4 Å². The first-order valence-corrected chi connectivity index (χ1v) is 5.57. The largest absolute Gasteiger partial charge is 0.481 e. The van der Waals surface area contributed by atoms with Gasteiger partial charge in [-0.1, -0.05) is 0 Å². The van der Waals surface area contributed by atoms with Crippen molar-refractivity contribution >= 4 is 21.6 Å². The van der Waals surface area contributed by atoms with Crippen molar-refractivity contribution in [2.24, 2.45) is 0 Å². The predicted octanol–water partition coefficient (Wildman–Crippen LogP) is -0.145. The second kappa shape index (κ2) is 4.96. The maximum Gasteiger partial charge on any atom is 0.304 e. The van der Waals surface area contributed by atoms with E-state index in [-0.39, 0.29) is 18.0 Å². The second-order valence-corrected chi connectivity index (χ2v) is 5.05. The lowest BCUT2D eigenvalue weighted by Gasteiger charge is -1.99. The number of carbonyl (C=O) groups is 2. The summed E-state index contributed by atoms with van der Waals surface area (Å²) >= 11 is 0. The van der Waals surface area contributed by atoms with Crippen LogP contribution in [-0.4, -0.2) is 36.8 Å². The van der Waals surface area contributed by atoms with Gasteiger partial charge in [-0.2, -0.15) is 0 Å². The zero-order valence-corrected chi connectivity index (χ0v) is 8.13. The minimum Gasteiger partial charge on any atom is -0.481 e. The molecule has 0 saturated carbocycles. The number of carboxylic acid groups (broad SMARTS) is 1. The first kappa shape index (κ1) is 12.1. The highest BCUT2D eigenvalue weighted by Gasteiger charge is 2.13. The molecular formula is C7H12O5S. The van der Waals surface area contributed by atoms with E-state index in [2.05, 4.69) is 0 Å². The number of rotatable bonds is 6. The van der Waals surface area contributed by atoms with Gasteiger partial charge in [-0.3, -0.25) is 9.59 Å². The van der Waals surface area contributed by atoms with Crippen LogP contribution < -0.4 is 0 Å². The van der Waals surface area contributed by atoms with Gasteiger partial charge in [0.05, 0.1) is 17.9 Å². The summed E-state index contributed by atoms with van der Waals surface area (Å²) in [5.41, 5.74) is 0. The van der Waals surface area contributed by atoms with Crippen LogP contribution in [0.2, 0.25) is 0 Å². The van der Waals surface area contributed by atoms with Crippen LogP contribution in [0.3, 0.4) is 0 Å². The molecule has 13 heavy (non-hydrogen) atoms. The Labute approximate surface area is 76.7 Å². The molecule has 0 radical (unpaired) electrons. The number of aliphatic carboxylic acids is 1. The molecule has 6 heteroatoms. The third-order valence-corrected chi connectivity index (χ3v) is 3.04. The lowest BCUT2D eigenvalue weighted by molar-refractivity contribution is -0.136. The first-order valence-electron chi connectivity index (χ1n) is 3.75. The molecule has 0 aromatic carbocycles. The summed E-state index contributed by atoms with van der Waals surface area (Å²) in [4.78, 5) is 20.5. The summed E-state index contributed by atoms with van der Waals surface area (Å²) in [6.45, 7) is 1.30. The van der Waals surface area contributed by atoms with Gasteiger partial charge in [0.1, 0.15) is 5.78 Å². The quantitative estimate of drug-likeness (QED) is 0.656. The maximum absolute atomic E-state index is 11.0. The van der Waals surface area contributed by atoms with E-state index < -0.39 is 28.0 Å². The fourth-order valence-corrected chi connectivity index (χ4v) is 1.93. The standard InChI is InChI=1S/C7H12O5S/c1-6(8)2-4-13(11,12)5-3-7(9)10/h2-5H2,1H3,(H,9,10). The van der Waals surface area contributed by atoms with E-state index in [0.29, 0.717) is 0 Å². The van der Waals surface area contributed by atoms with Crippen molar-refractivity contribution in [2.75, 3.05) is 11.5 Å². The average Bonchev–Trinajstić information content (AvgIpc) is 1.98. The smallest absolute Gasteiger partial charge is 0.304 e. The van der Waals surface area contributed by atoms with Crippen molar-refractivity contribution in [1.82, 2.24) is 0 Å². The van der Waals surface area contributed by atoms with Crippen molar-refractivity contribution in [3.8, 4) is 0 Å². The summed E-state index contributed by atoms with van der Waals surface area (Å²) in [6, 6.07) is 0. The minimum absolute atomic E-state index is 0.0397. The molecule has 0 amide bonds. The van der Waals surface area contributed by atoms with E-state index in [4.69, 9.17) is 5.11 Å². The van der Waals surface area contributed by atoms with E-state index in [0.717, 1.165) is 0 Å². The van der Waals surface area contributed by atoms with Gasteiger partial charge in [-0.15, -0.1) is 0 Å². The fraction of sp³-hybridized carbons (Fsp3) is 0.714. The zero-order valence-electron chi connectivity index (χ0n) is 7.32. The molecule has 5 nitrogen and oxygen atoms in total. The maximum atomic E-state index is 11.0. The molecular weight excluding hydrogens is 196 g/mol. The highest BCUT2D eigenvalue weighted by molar-refractivity contribution is 7.91. The molecule has 0 aliphatic rings. The summed E-state index contributed by atoms with van der Waals surface area (Å²) < 4.78 is 22.0. The molecule has 0 bridgehead atoms. The Hall–Kier alpha value is -0.910. The lowest BCUT2D eigenvalue weighted by atomic mass is 10.4. The Kier molecular flexibility index (Phi) is 4.61. The molecule has 0 spiro atoms. The van der Waals surface area contributed by atoms with Gasteiger partial charge in [-0.05, 0) is 6.92 Å². The van der Waals surface area contributed by atoms with Gasteiger partial charge in [0, 0.05) is 6.42 Å². The van der Waals surface area contributed by atoms with Crippen LogP contribution in [0, 0.1) is 0 Å². The normalized spacial score (nSPS) is 11.2. The highest BCUT2D eigenvalue weighted by Crippen LogP contribution is 1.97. The van der Waals surface area contributed by atoms with Crippen LogP contribution >= 0.6 is 0 Å². The molecule has 0 aliphatic heterocycles. The molecule has 0 heterocycles. The van der Waals surface area contributed by atoms with Crippen LogP contribution in [0.15, 0.2) is 0 Å². The number of hydrogen-bond donors (Lipinski definition) is 1. The van der Waals surface area contributed by atoms with Crippen LogP contribution in [0.4, 0.5) is 0 Å². The van der Waals surface area contributed by atoms with Crippen molar-refractivity contribution in [2.45, 2.75) is 19.8 Å². The van der Waals surface area contributed by atoms with Crippen molar-refractivity contribution in [3.63, 3.8) is 0 Å². The Morgan fingerprint density at radius 2 is 1.62 bits per heavy atom. The van der Waals surface area contributed by atoms with Gasteiger partial charge in [0.15, 0.2) is 9.84 Å². The van der Waals surface area contributed by atoms with E-state index in [9.17, 15) is 18.0 Å². The summed E-state index contributed by atoms with van der Waals surface area (Å²) in [5.74, 6) is -2.00. The molecule has 0 saturated heterocycles. The monoisotopic (exact) mass is 208 g/mol. The summed E-state index contributed by atoms with van der Waals surface area (Å²) in [5, 5.41) is 8.22. The first-order chi connectivity index (χ1) is 5.83. The molecule has 0 rings (SSSR count). The molecule has 76 valence electrons. The molecule has 0 aromatic rings. The summed E-state index contributed by atoms with van der Waals surface area (Å²) in [6.07, 6.45) is -0.442. The van der Waals surface area contributed by atoms with E-state index >= 15 is 0 Å². The third kappa shape index (κ3) is 7.45. The molecule has 0 aromatic heterocycles. The summed E-state index contributed by atoms with van der Waals surface area (Å²) in [7, 11) is -3.37. The van der Waals surface area contributed by atoms with Gasteiger partial charge >= 0.3 is 5.97 Å². The van der Waals surface area contributed by atoms with Crippen LogP contribution in [0.5, 0.6) is 0 Å². The van der Waals surface area contributed by atoms with E-state index in [1.54, 1.807) is 0 Å². The van der Waals surface area contributed by atoms with E-state index in [1.807, 2.05) is 0 Å². The van der Waals surface area contributed by atoms with Crippen molar-refractivity contribution in [3.05, 3.63) is 0 Å². The van der Waals surface area contributed by atoms with Crippen LogP contribution in [0.25, 0.3) is 0 Å². The molecule has 0 fully saturated rings. The Balaban J connectivity index is 3.95. The van der Waals surface area contributed by atoms with Gasteiger partial charge < -0.3 is 5.11 Å². The zero-order chi connectivity index (χ0) is 10.5. The molecule has 1 N–H and O–H groups in total. The SMILES string of the molecule is CC(=O)CCS(=O)(=O)CCC(=O)O. The Morgan fingerprint density at radius 3 is 2.00 bits per heavy atom. The lowest BCUT2D eigenvalue weighted by Crippen LogP contribution is -2.15. The third-order valence-electron chi connectivity index (χ3n) is 1.39. The Bertz CT molecular complexity index is 266. The number of hydrogen-bond acceptors (Lipinski definition) is 4. The average molecular weight is 208 g/mol.